The molecular weight excluding hydrogens is 395 g/mol. The quantitative estimate of drug-likeness (QED) is 0.113. The van der Waals surface area contributed by atoms with Crippen LogP contribution in [-0.4, -0.2) is 45.0 Å². The zero-order valence-electron chi connectivity index (χ0n) is 17.8. The molecule has 0 radical (unpaired) electrons. The minimum atomic E-state index is -2.99. The van der Waals surface area contributed by atoms with Crippen molar-refractivity contribution in [1.82, 2.24) is 0 Å². The second-order valence-corrected chi connectivity index (χ2v) is 8.78. The van der Waals surface area contributed by atoms with Crippen molar-refractivity contribution < 1.29 is 32.7 Å². The van der Waals surface area contributed by atoms with Gasteiger partial charge in [-0.3, -0.25) is 4.57 Å². The minimum absolute atomic E-state index is 0.386. The number of carbonyl (C=O) groups is 2. The molecule has 0 amide bonds. The van der Waals surface area contributed by atoms with E-state index in [9.17, 15) is 14.2 Å². The van der Waals surface area contributed by atoms with Crippen LogP contribution in [0.1, 0.15) is 64.2 Å². The zero-order chi connectivity index (χ0) is 21.8. The van der Waals surface area contributed by atoms with E-state index in [1.54, 1.807) is 0 Å². The Balaban J connectivity index is 3.43. The van der Waals surface area contributed by atoms with Crippen molar-refractivity contribution in [3.63, 3.8) is 0 Å². The molecule has 0 spiro atoms. The normalized spacial score (nSPS) is 11.1. The summed E-state index contributed by atoms with van der Waals surface area (Å²) in [4.78, 5) is 21.7. The van der Waals surface area contributed by atoms with Gasteiger partial charge in [-0.1, -0.05) is 51.7 Å². The maximum atomic E-state index is 12.2. The molecule has 0 aromatic heterocycles. The average molecular weight is 432 g/mol. The maximum Gasteiger partial charge on any atom is 0.330 e. The van der Waals surface area contributed by atoms with Crippen molar-refractivity contribution in [2.45, 2.75) is 64.2 Å². The Kier molecular flexibility index (Phi) is 17.7. The number of carbonyl (C=O) groups excluding carboxylic acids is 2. The number of hydrogen-bond donors (Lipinski definition) is 0. The number of hydrogen-bond acceptors (Lipinski definition) is 7. The zero-order valence-corrected chi connectivity index (χ0v) is 18.7. The molecule has 0 aliphatic heterocycles. The van der Waals surface area contributed by atoms with Gasteiger partial charge in [0.15, 0.2) is 0 Å². The van der Waals surface area contributed by atoms with Crippen LogP contribution in [0.2, 0.25) is 0 Å². The topological polar surface area (TPSA) is 88.1 Å². The van der Waals surface area contributed by atoms with Gasteiger partial charge in [0.25, 0.3) is 0 Å². The van der Waals surface area contributed by atoms with Crippen molar-refractivity contribution in [1.29, 1.82) is 0 Å². The molecule has 29 heavy (non-hydrogen) atoms. The van der Waals surface area contributed by atoms with Gasteiger partial charge in [0, 0.05) is 18.8 Å². The summed E-state index contributed by atoms with van der Waals surface area (Å²) >= 11 is 0. The van der Waals surface area contributed by atoms with E-state index in [0.29, 0.717) is 26.4 Å². The molecule has 0 unspecified atom stereocenters. The largest absolute Gasteiger partial charge is 0.463 e. The first kappa shape index (κ1) is 27.6. The Morgan fingerprint density at radius 2 is 0.966 bits per heavy atom. The predicted molar refractivity (Wildman–Crippen MR) is 114 cm³/mol. The Bertz CT molecular complexity index is 477. The van der Waals surface area contributed by atoms with Crippen molar-refractivity contribution in [2.24, 2.45) is 0 Å². The number of unbranched alkanes of at least 4 members (excludes halogenated alkanes) is 8. The van der Waals surface area contributed by atoms with Crippen LogP contribution in [0.5, 0.6) is 0 Å². The molecule has 168 valence electrons. The van der Waals surface area contributed by atoms with E-state index >= 15 is 0 Å². The van der Waals surface area contributed by atoms with Crippen LogP contribution < -0.4 is 0 Å². The van der Waals surface area contributed by atoms with Crippen molar-refractivity contribution >= 4 is 19.5 Å². The summed E-state index contributed by atoms with van der Waals surface area (Å²) in [7, 11) is -2.99. The van der Waals surface area contributed by atoms with Gasteiger partial charge in [-0.15, -0.1) is 0 Å². The highest BCUT2D eigenvalue weighted by Crippen LogP contribution is 2.44. The van der Waals surface area contributed by atoms with E-state index in [2.05, 4.69) is 13.2 Å². The Labute approximate surface area is 175 Å². The lowest BCUT2D eigenvalue weighted by molar-refractivity contribution is -0.138. The SMILES string of the molecule is C=CC(=O)OCCCCCCCOP(C)(=O)OCCCCCCCOC(=O)C=C. The summed E-state index contributed by atoms with van der Waals surface area (Å²) in [6.07, 6.45) is 11.5. The Morgan fingerprint density at radius 1 is 0.655 bits per heavy atom. The van der Waals surface area contributed by atoms with Crippen LogP contribution in [0, 0.1) is 0 Å². The molecular formula is C21H37O7P. The third-order valence-electron chi connectivity index (χ3n) is 4.05. The van der Waals surface area contributed by atoms with Crippen LogP contribution in [0.25, 0.3) is 0 Å². The molecule has 0 fully saturated rings. The van der Waals surface area contributed by atoms with Crippen LogP contribution in [0.3, 0.4) is 0 Å². The van der Waals surface area contributed by atoms with Crippen molar-refractivity contribution in [2.75, 3.05) is 33.1 Å². The third-order valence-corrected chi connectivity index (χ3v) is 5.35. The number of esters is 2. The molecule has 0 bridgehead atoms. The lowest BCUT2D eigenvalue weighted by atomic mass is 10.1. The molecule has 0 atom stereocenters. The fourth-order valence-electron chi connectivity index (χ4n) is 2.43. The molecule has 0 aromatic carbocycles. The van der Waals surface area contributed by atoms with Crippen molar-refractivity contribution in [3.8, 4) is 0 Å². The Hall–Kier alpha value is -1.43. The van der Waals surface area contributed by atoms with Gasteiger partial charge in [-0.25, -0.2) is 9.59 Å². The van der Waals surface area contributed by atoms with Gasteiger partial charge in [0.05, 0.1) is 26.4 Å². The first-order chi connectivity index (χ1) is 13.9. The van der Waals surface area contributed by atoms with Crippen LogP contribution in [0.4, 0.5) is 0 Å². The van der Waals surface area contributed by atoms with E-state index in [-0.39, 0.29) is 11.9 Å². The number of ether oxygens (including phenoxy) is 2. The highest BCUT2D eigenvalue weighted by molar-refractivity contribution is 7.52. The van der Waals surface area contributed by atoms with Crippen molar-refractivity contribution in [3.05, 3.63) is 25.3 Å². The molecule has 0 aliphatic rings. The van der Waals surface area contributed by atoms with Gasteiger partial charge in [0.1, 0.15) is 0 Å². The monoisotopic (exact) mass is 432 g/mol. The van der Waals surface area contributed by atoms with Gasteiger partial charge < -0.3 is 18.5 Å². The van der Waals surface area contributed by atoms with E-state index in [4.69, 9.17) is 18.5 Å². The second kappa shape index (κ2) is 18.6. The second-order valence-electron chi connectivity index (χ2n) is 6.72. The molecule has 0 saturated carbocycles. The van der Waals surface area contributed by atoms with Gasteiger partial charge in [0.2, 0.25) is 0 Å². The van der Waals surface area contributed by atoms with Gasteiger partial charge in [-0.2, -0.15) is 0 Å². The highest BCUT2D eigenvalue weighted by Gasteiger charge is 2.15. The Morgan fingerprint density at radius 3 is 1.31 bits per heavy atom. The van der Waals surface area contributed by atoms with Crippen LogP contribution in [0.15, 0.2) is 25.3 Å². The molecule has 0 rings (SSSR count). The summed E-state index contributed by atoms with van der Waals surface area (Å²) in [5, 5.41) is 0. The minimum Gasteiger partial charge on any atom is -0.463 e. The lowest BCUT2D eigenvalue weighted by Crippen LogP contribution is -2.02. The summed E-state index contributed by atoms with van der Waals surface area (Å²) in [6, 6.07) is 0. The van der Waals surface area contributed by atoms with E-state index in [0.717, 1.165) is 76.4 Å². The lowest BCUT2D eigenvalue weighted by Gasteiger charge is -2.14. The maximum absolute atomic E-state index is 12.2. The summed E-state index contributed by atoms with van der Waals surface area (Å²) in [6.45, 7) is 9.87. The summed E-state index contributed by atoms with van der Waals surface area (Å²) in [5.41, 5.74) is 0. The summed E-state index contributed by atoms with van der Waals surface area (Å²) in [5.74, 6) is -0.771. The molecule has 8 heteroatoms. The molecule has 7 nitrogen and oxygen atoms in total. The molecule has 0 aliphatic carbocycles. The fourth-order valence-corrected chi connectivity index (χ4v) is 3.43. The van der Waals surface area contributed by atoms with Crippen LogP contribution in [-0.2, 0) is 32.7 Å². The standard InChI is InChI=1S/C21H37O7P/c1-4-20(22)25-16-12-8-6-10-14-18-27-29(3,24)28-19-15-11-7-9-13-17-26-21(23)5-2/h4-5H,1-2,6-19H2,3H3. The van der Waals surface area contributed by atoms with Gasteiger partial charge >= 0.3 is 19.5 Å². The summed E-state index contributed by atoms with van der Waals surface area (Å²) < 4.78 is 32.8. The van der Waals surface area contributed by atoms with E-state index in [1.165, 1.54) is 6.66 Å². The molecule has 0 saturated heterocycles. The molecule has 0 heterocycles. The van der Waals surface area contributed by atoms with Gasteiger partial charge in [-0.05, 0) is 25.7 Å². The van der Waals surface area contributed by atoms with E-state index in [1.807, 2.05) is 0 Å². The van der Waals surface area contributed by atoms with Crippen LogP contribution >= 0.6 is 7.60 Å². The fraction of sp³-hybridized carbons (Fsp3) is 0.714. The number of rotatable bonds is 20. The highest BCUT2D eigenvalue weighted by atomic mass is 31.2. The van der Waals surface area contributed by atoms with E-state index < -0.39 is 7.60 Å². The third kappa shape index (κ3) is 19.7. The smallest absolute Gasteiger partial charge is 0.330 e. The average Bonchev–Trinajstić information content (AvgIpc) is 2.70. The predicted octanol–water partition coefficient (Wildman–Crippen LogP) is 5.20. The first-order valence-corrected chi connectivity index (χ1v) is 12.3. The molecule has 0 N–H and O–H groups in total. The first-order valence-electron chi connectivity index (χ1n) is 10.4. The molecule has 0 aromatic rings.